The zero-order valence-corrected chi connectivity index (χ0v) is 10.8. The van der Waals surface area contributed by atoms with Crippen molar-refractivity contribution in [3.63, 3.8) is 0 Å². The molecule has 1 aromatic heterocycles. The van der Waals surface area contributed by atoms with Crippen molar-refractivity contribution in [1.29, 1.82) is 0 Å². The van der Waals surface area contributed by atoms with Crippen LogP contribution in [0.2, 0.25) is 0 Å². The molecule has 0 radical (unpaired) electrons. The summed E-state index contributed by atoms with van der Waals surface area (Å²) < 4.78 is 22.4. The number of hydrogen-bond donors (Lipinski definition) is 3. The van der Waals surface area contributed by atoms with E-state index in [9.17, 15) is 8.42 Å². The van der Waals surface area contributed by atoms with E-state index in [1.165, 1.54) is 18.5 Å². The predicted octanol–water partition coefficient (Wildman–Crippen LogP) is 0.318. The lowest BCUT2D eigenvalue weighted by Gasteiger charge is -2.09. The fraction of sp³-hybridized carbons (Fsp3) is 0.0909. The molecule has 0 saturated carbocycles. The first-order valence-corrected chi connectivity index (χ1v) is 6.92. The number of benzene rings is 1. The Bertz CT molecular complexity index is 673. The van der Waals surface area contributed by atoms with Crippen LogP contribution in [0, 0.1) is 0 Å². The second-order valence-electron chi connectivity index (χ2n) is 3.85. The van der Waals surface area contributed by atoms with Crippen LogP contribution in [-0.2, 0) is 16.6 Å². The Labute approximate surface area is 110 Å². The van der Waals surface area contributed by atoms with Crippen LogP contribution in [0.5, 0.6) is 0 Å². The van der Waals surface area contributed by atoms with Crippen LogP contribution in [0.3, 0.4) is 0 Å². The first kappa shape index (κ1) is 13.2. The normalized spacial score (nSPS) is 11.2. The lowest BCUT2D eigenvalue weighted by molar-refractivity contribution is 0.598. The van der Waals surface area contributed by atoms with E-state index in [1.807, 2.05) is 0 Å². The monoisotopic (exact) mass is 279 g/mol. The van der Waals surface area contributed by atoms with E-state index in [0.717, 1.165) is 5.69 Å². The first-order valence-electron chi connectivity index (χ1n) is 5.38. The molecule has 0 unspecified atom stereocenters. The van der Waals surface area contributed by atoms with Gasteiger partial charge in [-0.05, 0) is 24.3 Å². The average molecular weight is 279 g/mol. The number of primary sulfonamides is 1. The van der Waals surface area contributed by atoms with Gasteiger partial charge in [-0.15, -0.1) is 0 Å². The summed E-state index contributed by atoms with van der Waals surface area (Å²) in [5.41, 5.74) is 7.25. The van der Waals surface area contributed by atoms with Crippen LogP contribution < -0.4 is 16.2 Å². The second kappa shape index (κ2) is 5.21. The minimum atomic E-state index is -3.79. The Morgan fingerprint density at radius 1 is 1.26 bits per heavy atom. The maximum Gasteiger partial charge on any atom is 0.240 e. The maximum absolute atomic E-state index is 11.2. The van der Waals surface area contributed by atoms with E-state index in [4.69, 9.17) is 10.9 Å². The van der Waals surface area contributed by atoms with Crippen LogP contribution in [0.25, 0.3) is 0 Å². The number of nitrogen functional groups attached to an aromatic ring is 1. The molecular formula is C11H13N5O2S. The Morgan fingerprint density at radius 2 is 2.05 bits per heavy atom. The Hall–Kier alpha value is -2.19. The number of nitrogens with zero attached hydrogens (tertiary/aromatic N) is 2. The van der Waals surface area contributed by atoms with Gasteiger partial charge in [0.05, 0.1) is 17.9 Å². The molecular weight excluding hydrogens is 266 g/mol. The van der Waals surface area contributed by atoms with Crippen molar-refractivity contribution in [3.8, 4) is 0 Å². The third-order valence-corrected chi connectivity index (χ3v) is 3.42. The third kappa shape index (κ3) is 3.39. The van der Waals surface area contributed by atoms with Gasteiger partial charge in [0.15, 0.2) is 0 Å². The van der Waals surface area contributed by atoms with Crippen molar-refractivity contribution in [1.82, 2.24) is 9.97 Å². The van der Waals surface area contributed by atoms with Gasteiger partial charge in [-0.25, -0.2) is 23.5 Å². The van der Waals surface area contributed by atoms with Gasteiger partial charge in [-0.1, -0.05) is 0 Å². The number of nitrogens with one attached hydrogen (secondary N) is 1. The summed E-state index contributed by atoms with van der Waals surface area (Å²) in [4.78, 5) is 7.78. The molecule has 5 N–H and O–H groups in total. The van der Waals surface area contributed by atoms with E-state index in [2.05, 4.69) is 15.3 Å². The summed E-state index contributed by atoms with van der Waals surface area (Å²) in [6.45, 7) is 0.483. The summed E-state index contributed by atoms with van der Waals surface area (Å²) in [7, 11) is -3.79. The van der Waals surface area contributed by atoms with Crippen LogP contribution in [0.4, 0.5) is 11.4 Å². The lowest BCUT2D eigenvalue weighted by Crippen LogP contribution is -2.14. The quantitative estimate of drug-likeness (QED) is 0.692. The minimum Gasteiger partial charge on any atom is -0.398 e. The Kier molecular flexibility index (Phi) is 3.63. The van der Waals surface area contributed by atoms with Crippen molar-refractivity contribution in [2.45, 2.75) is 11.4 Å². The van der Waals surface area contributed by atoms with E-state index in [0.29, 0.717) is 12.2 Å². The smallest absolute Gasteiger partial charge is 0.240 e. The summed E-state index contributed by atoms with van der Waals surface area (Å²) in [5.74, 6) is 0. The van der Waals surface area contributed by atoms with Gasteiger partial charge < -0.3 is 11.1 Å². The third-order valence-electron chi connectivity index (χ3n) is 2.43. The van der Waals surface area contributed by atoms with Crippen LogP contribution >= 0.6 is 0 Å². The Balaban J connectivity index is 2.13. The largest absolute Gasteiger partial charge is 0.398 e. The number of rotatable bonds is 4. The van der Waals surface area contributed by atoms with Gasteiger partial charge in [0.1, 0.15) is 11.2 Å². The highest BCUT2D eigenvalue weighted by atomic mass is 32.2. The predicted molar refractivity (Wildman–Crippen MR) is 71.6 cm³/mol. The van der Waals surface area contributed by atoms with Crippen molar-refractivity contribution < 1.29 is 8.42 Å². The van der Waals surface area contributed by atoms with Gasteiger partial charge in [0.25, 0.3) is 0 Å². The zero-order chi connectivity index (χ0) is 13.9. The molecule has 8 heteroatoms. The molecule has 0 spiro atoms. The fourth-order valence-electron chi connectivity index (χ4n) is 1.53. The molecule has 0 bridgehead atoms. The van der Waals surface area contributed by atoms with Crippen LogP contribution in [-0.4, -0.2) is 18.4 Å². The highest BCUT2D eigenvalue weighted by Crippen LogP contribution is 2.21. The van der Waals surface area contributed by atoms with Crippen molar-refractivity contribution in [2.75, 3.05) is 11.1 Å². The summed E-state index contributed by atoms with van der Waals surface area (Å²) in [6, 6.07) is 6.25. The van der Waals surface area contributed by atoms with Gasteiger partial charge in [-0.3, -0.25) is 0 Å². The average Bonchev–Trinajstić information content (AvgIpc) is 2.36. The molecule has 100 valence electrons. The SMILES string of the molecule is Nc1cc(NCc2ccncn2)ccc1S(N)(=O)=O. The van der Waals surface area contributed by atoms with Gasteiger partial charge in [-0.2, -0.15) is 0 Å². The van der Waals surface area contributed by atoms with Crippen molar-refractivity contribution in [2.24, 2.45) is 5.14 Å². The molecule has 0 saturated heterocycles. The molecule has 1 heterocycles. The molecule has 1 aromatic carbocycles. The van der Waals surface area contributed by atoms with Crippen molar-refractivity contribution in [3.05, 3.63) is 42.5 Å². The Morgan fingerprint density at radius 3 is 2.63 bits per heavy atom. The summed E-state index contributed by atoms with van der Waals surface area (Å²) >= 11 is 0. The van der Waals surface area contributed by atoms with E-state index in [1.54, 1.807) is 18.3 Å². The molecule has 0 fully saturated rings. The second-order valence-corrected chi connectivity index (χ2v) is 5.38. The van der Waals surface area contributed by atoms with Crippen molar-refractivity contribution >= 4 is 21.4 Å². The highest BCUT2D eigenvalue weighted by Gasteiger charge is 2.12. The first-order chi connectivity index (χ1) is 8.97. The molecule has 0 aliphatic rings. The number of sulfonamides is 1. The molecule has 7 nitrogen and oxygen atoms in total. The zero-order valence-electron chi connectivity index (χ0n) is 9.95. The molecule has 0 amide bonds. The molecule has 19 heavy (non-hydrogen) atoms. The van der Waals surface area contributed by atoms with Gasteiger partial charge in [0.2, 0.25) is 10.0 Å². The van der Waals surface area contributed by atoms with Crippen LogP contribution in [0.15, 0.2) is 41.7 Å². The molecule has 0 atom stereocenters. The van der Waals surface area contributed by atoms with Crippen LogP contribution in [0.1, 0.15) is 5.69 Å². The number of anilines is 2. The summed E-state index contributed by atoms with van der Waals surface area (Å²) in [6.07, 6.45) is 3.10. The summed E-state index contributed by atoms with van der Waals surface area (Å²) in [5, 5.41) is 8.10. The lowest BCUT2D eigenvalue weighted by atomic mass is 10.2. The highest BCUT2D eigenvalue weighted by molar-refractivity contribution is 7.89. The fourth-order valence-corrected chi connectivity index (χ4v) is 2.18. The number of aromatic nitrogens is 2. The minimum absolute atomic E-state index is 0.0833. The molecule has 0 aliphatic carbocycles. The number of nitrogens with two attached hydrogens (primary N) is 2. The van der Waals surface area contributed by atoms with E-state index in [-0.39, 0.29) is 10.6 Å². The van der Waals surface area contributed by atoms with E-state index < -0.39 is 10.0 Å². The number of hydrogen-bond acceptors (Lipinski definition) is 6. The molecule has 0 aliphatic heterocycles. The van der Waals surface area contributed by atoms with Gasteiger partial charge in [0, 0.05) is 11.9 Å². The topological polar surface area (TPSA) is 124 Å². The van der Waals surface area contributed by atoms with Gasteiger partial charge >= 0.3 is 0 Å². The maximum atomic E-state index is 11.2. The molecule has 2 rings (SSSR count). The molecule has 2 aromatic rings. The standard InChI is InChI=1S/C11H13N5O2S/c12-10-5-8(1-2-11(10)19(13,17)18)15-6-9-3-4-14-7-16-9/h1-5,7,15H,6,12H2,(H2,13,17,18). The van der Waals surface area contributed by atoms with E-state index >= 15 is 0 Å².